The number of nitrogens with zero attached hydrogens (tertiary/aromatic N) is 5. The van der Waals surface area contributed by atoms with E-state index in [1.54, 1.807) is 35.3 Å². The van der Waals surface area contributed by atoms with Crippen LogP contribution in [0.1, 0.15) is 27.3 Å². The van der Waals surface area contributed by atoms with Gasteiger partial charge < -0.3 is 5.32 Å². The zero-order valence-electron chi connectivity index (χ0n) is 14.9. The lowest BCUT2D eigenvalue weighted by atomic mass is 10.1. The Balaban J connectivity index is 1.75. The summed E-state index contributed by atoms with van der Waals surface area (Å²) in [6.45, 7) is 6.01. The zero-order valence-corrected chi connectivity index (χ0v) is 15.8. The molecule has 132 valence electrons. The molecule has 0 aliphatic carbocycles. The van der Waals surface area contributed by atoms with E-state index in [0.717, 1.165) is 26.6 Å². The summed E-state index contributed by atoms with van der Waals surface area (Å²) in [7, 11) is 1.73. The molecule has 0 unspecified atom stereocenters. The number of hydrogen-bond acceptors (Lipinski definition) is 5. The molecule has 3 heterocycles. The SMILES string of the molecule is Cc1cc(C)c2nc(-n3nc(C)cc3NC(=O)c3ccnn3C)sc2c1. The van der Waals surface area contributed by atoms with E-state index in [2.05, 4.69) is 41.5 Å². The van der Waals surface area contributed by atoms with E-state index < -0.39 is 0 Å². The van der Waals surface area contributed by atoms with Crippen molar-refractivity contribution < 1.29 is 4.79 Å². The number of hydrogen-bond donors (Lipinski definition) is 1. The summed E-state index contributed by atoms with van der Waals surface area (Å²) in [6, 6.07) is 7.74. The highest BCUT2D eigenvalue weighted by Gasteiger charge is 2.17. The molecule has 7 nitrogen and oxygen atoms in total. The molecule has 4 rings (SSSR count). The molecule has 1 amide bonds. The molecule has 3 aromatic heterocycles. The number of amides is 1. The molecule has 0 bridgehead atoms. The Kier molecular flexibility index (Phi) is 3.84. The fourth-order valence-corrected chi connectivity index (χ4v) is 4.07. The van der Waals surface area contributed by atoms with Crippen molar-refractivity contribution in [2.24, 2.45) is 7.05 Å². The maximum absolute atomic E-state index is 12.5. The molecule has 0 atom stereocenters. The molecular weight excluding hydrogens is 348 g/mol. The van der Waals surface area contributed by atoms with Crippen LogP contribution in [0.2, 0.25) is 0 Å². The van der Waals surface area contributed by atoms with Crippen LogP contribution in [-0.4, -0.2) is 30.5 Å². The Hall–Kier alpha value is -3.00. The quantitative estimate of drug-likeness (QED) is 0.603. The van der Waals surface area contributed by atoms with E-state index in [4.69, 9.17) is 4.98 Å². The van der Waals surface area contributed by atoms with Crippen LogP contribution in [0.3, 0.4) is 0 Å². The molecule has 0 spiro atoms. The number of carbonyl (C=O) groups is 1. The van der Waals surface area contributed by atoms with Crippen LogP contribution in [0.15, 0.2) is 30.5 Å². The van der Waals surface area contributed by atoms with E-state index in [1.807, 2.05) is 13.0 Å². The minimum Gasteiger partial charge on any atom is -0.305 e. The van der Waals surface area contributed by atoms with E-state index >= 15 is 0 Å². The summed E-state index contributed by atoms with van der Waals surface area (Å²) in [6.07, 6.45) is 1.59. The number of nitrogens with one attached hydrogen (secondary N) is 1. The second-order valence-electron chi connectivity index (χ2n) is 6.30. The van der Waals surface area contributed by atoms with Crippen LogP contribution in [0.4, 0.5) is 5.82 Å². The average molecular weight is 366 g/mol. The second-order valence-corrected chi connectivity index (χ2v) is 7.31. The van der Waals surface area contributed by atoms with Crippen LogP contribution in [0, 0.1) is 20.8 Å². The summed E-state index contributed by atoms with van der Waals surface area (Å²) in [5.74, 6) is 0.349. The topological polar surface area (TPSA) is 77.6 Å². The van der Waals surface area contributed by atoms with Gasteiger partial charge in [0.15, 0.2) is 0 Å². The summed E-state index contributed by atoms with van der Waals surface area (Å²) < 4.78 is 4.32. The van der Waals surface area contributed by atoms with Gasteiger partial charge in [-0.3, -0.25) is 9.48 Å². The lowest BCUT2D eigenvalue weighted by Gasteiger charge is -2.06. The van der Waals surface area contributed by atoms with Crippen LogP contribution >= 0.6 is 11.3 Å². The standard InChI is InChI=1S/C18H18N6OS/c1-10-7-11(2)16-14(8-10)26-18(21-16)24-15(9-12(3)22-24)20-17(25)13-5-6-19-23(13)4/h5-9H,1-4H3,(H,20,25). The first-order valence-electron chi connectivity index (χ1n) is 8.16. The summed E-state index contributed by atoms with van der Waals surface area (Å²) in [5.41, 5.74) is 4.58. The van der Waals surface area contributed by atoms with Gasteiger partial charge in [-0.1, -0.05) is 17.4 Å². The minimum absolute atomic E-state index is 0.237. The lowest BCUT2D eigenvalue weighted by molar-refractivity contribution is 0.101. The van der Waals surface area contributed by atoms with Gasteiger partial charge in [0.05, 0.1) is 15.9 Å². The Bertz CT molecular complexity index is 1140. The lowest BCUT2D eigenvalue weighted by Crippen LogP contribution is -2.18. The largest absolute Gasteiger partial charge is 0.305 e. The van der Waals surface area contributed by atoms with Crippen LogP contribution in [0.25, 0.3) is 15.3 Å². The number of thiazole rings is 1. The molecule has 8 heteroatoms. The molecule has 4 aromatic rings. The number of benzene rings is 1. The van der Waals surface area contributed by atoms with Gasteiger partial charge in [-0.15, -0.1) is 0 Å². The van der Waals surface area contributed by atoms with Crippen molar-refractivity contribution in [2.75, 3.05) is 5.32 Å². The van der Waals surface area contributed by atoms with E-state index in [-0.39, 0.29) is 5.91 Å². The van der Waals surface area contributed by atoms with Crippen LogP contribution in [-0.2, 0) is 7.05 Å². The molecule has 1 aromatic carbocycles. The highest BCUT2D eigenvalue weighted by atomic mass is 32.1. The van der Waals surface area contributed by atoms with Crippen molar-refractivity contribution in [2.45, 2.75) is 20.8 Å². The van der Waals surface area contributed by atoms with E-state index in [0.29, 0.717) is 11.5 Å². The summed E-state index contributed by atoms with van der Waals surface area (Å²) in [4.78, 5) is 17.3. The number of fused-ring (bicyclic) bond motifs is 1. The monoisotopic (exact) mass is 366 g/mol. The van der Waals surface area contributed by atoms with Gasteiger partial charge in [0.25, 0.3) is 5.91 Å². The van der Waals surface area contributed by atoms with Gasteiger partial charge in [0.1, 0.15) is 11.5 Å². The van der Waals surface area contributed by atoms with E-state index in [1.165, 1.54) is 10.2 Å². The maximum atomic E-state index is 12.5. The fourth-order valence-electron chi connectivity index (χ4n) is 2.96. The molecule has 0 radical (unpaired) electrons. The summed E-state index contributed by atoms with van der Waals surface area (Å²) >= 11 is 1.55. The molecule has 0 aliphatic rings. The number of rotatable bonds is 3. The Morgan fingerprint density at radius 3 is 2.73 bits per heavy atom. The molecule has 0 aliphatic heterocycles. The van der Waals surface area contributed by atoms with Gasteiger partial charge in [-0.25, -0.2) is 4.98 Å². The third-order valence-corrected chi connectivity index (χ3v) is 5.10. The average Bonchev–Trinajstić information content (AvgIpc) is 3.25. The van der Waals surface area contributed by atoms with E-state index in [9.17, 15) is 4.79 Å². The van der Waals surface area contributed by atoms with Gasteiger partial charge in [-0.2, -0.15) is 14.9 Å². The first kappa shape index (κ1) is 16.5. The van der Waals surface area contributed by atoms with Crippen molar-refractivity contribution in [3.63, 3.8) is 0 Å². The van der Waals surface area contributed by atoms with Crippen molar-refractivity contribution >= 4 is 33.3 Å². The van der Waals surface area contributed by atoms with Crippen molar-refractivity contribution in [3.05, 3.63) is 53.0 Å². The normalized spacial score (nSPS) is 11.2. The first-order valence-corrected chi connectivity index (χ1v) is 8.98. The molecule has 0 fully saturated rings. The van der Waals surface area contributed by atoms with Crippen LogP contribution < -0.4 is 5.32 Å². The molecular formula is C18H18N6OS. The predicted molar refractivity (Wildman–Crippen MR) is 102 cm³/mol. The number of aromatic nitrogens is 5. The molecule has 0 saturated carbocycles. The highest BCUT2D eigenvalue weighted by molar-refractivity contribution is 7.20. The zero-order chi connectivity index (χ0) is 18.4. The van der Waals surface area contributed by atoms with Gasteiger partial charge >= 0.3 is 0 Å². The van der Waals surface area contributed by atoms with Gasteiger partial charge in [-0.05, 0) is 44.0 Å². The predicted octanol–water partition coefficient (Wildman–Crippen LogP) is 3.39. The fraction of sp³-hybridized carbons (Fsp3) is 0.222. The smallest absolute Gasteiger partial charge is 0.275 e. The minimum atomic E-state index is -0.237. The highest BCUT2D eigenvalue weighted by Crippen LogP contribution is 2.30. The Morgan fingerprint density at radius 1 is 1.19 bits per heavy atom. The van der Waals surface area contributed by atoms with Crippen molar-refractivity contribution in [1.29, 1.82) is 0 Å². The Labute approximate surface area is 154 Å². The van der Waals surface area contributed by atoms with Crippen molar-refractivity contribution in [3.8, 4) is 5.13 Å². The maximum Gasteiger partial charge on any atom is 0.275 e. The van der Waals surface area contributed by atoms with Gasteiger partial charge in [0, 0.05) is 19.3 Å². The summed E-state index contributed by atoms with van der Waals surface area (Å²) in [5, 5.41) is 12.2. The number of anilines is 1. The number of carbonyl (C=O) groups excluding carboxylic acids is 1. The second kappa shape index (κ2) is 6.06. The third kappa shape index (κ3) is 2.78. The molecule has 1 N–H and O–H groups in total. The Morgan fingerprint density at radius 2 is 2.00 bits per heavy atom. The molecule has 26 heavy (non-hydrogen) atoms. The first-order chi connectivity index (χ1) is 12.4. The third-order valence-electron chi connectivity index (χ3n) is 4.13. The van der Waals surface area contributed by atoms with Crippen LogP contribution in [0.5, 0.6) is 0 Å². The van der Waals surface area contributed by atoms with Gasteiger partial charge in [0.2, 0.25) is 5.13 Å². The molecule has 0 saturated heterocycles. The number of aryl methyl sites for hydroxylation is 4. The van der Waals surface area contributed by atoms with Crippen molar-refractivity contribution in [1.82, 2.24) is 24.5 Å².